The number of nitrogens with one attached hydrogen (secondary N) is 1. The summed E-state index contributed by atoms with van der Waals surface area (Å²) in [6, 6.07) is -0.351. The SMILES string of the molecule is O=C(CCNC(=O)c1cnccn1)OCC(=O)N(C1CCCC1)[C@H]1CCS(=O)(=O)C1. The van der Waals surface area contributed by atoms with Crippen LogP contribution in [0.15, 0.2) is 18.6 Å². The minimum Gasteiger partial charge on any atom is -0.456 e. The maximum absolute atomic E-state index is 12.8. The van der Waals surface area contributed by atoms with E-state index in [1.54, 1.807) is 4.90 Å². The Balaban J connectivity index is 1.46. The van der Waals surface area contributed by atoms with Crippen LogP contribution in [0.4, 0.5) is 0 Å². The van der Waals surface area contributed by atoms with Gasteiger partial charge in [0.15, 0.2) is 16.4 Å². The van der Waals surface area contributed by atoms with Gasteiger partial charge in [-0.2, -0.15) is 0 Å². The maximum Gasteiger partial charge on any atom is 0.308 e. The first-order valence-corrected chi connectivity index (χ1v) is 11.9. The Morgan fingerprint density at radius 1 is 1.13 bits per heavy atom. The lowest BCUT2D eigenvalue weighted by Gasteiger charge is -2.33. The standard InChI is InChI=1S/C19H26N4O6S/c24-17(23(14-3-1-2-4-14)15-6-10-30(27,28)13-15)12-29-18(25)5-7-22-19(26)16-11-20-8-9-21-16/h8-9,11,14-15H,1-7,10,12-13H2,(H,22,26)/t15-/m0/s1. The van der Waals surface area contributed by atoms with Crippen molar-refractivity contribution in [1.82, 2.24) is 20.2 Å². The highest BCUT2D eigenvalue weighted by Crippen LogP contribution is 2.29. The van der Waals surface area contributed by atoms with Crippen molar-refractivity contribution < 1.29 is 27.5 Å². The molecular weight excluding hydrogens is 412 g/mol. The summed E-state index contributed by atoms with van der Waals surface area (Å²) in [5, 5.41) is 2.53. The van der Waals surface area contributed by atoms with Crippen molar-refractivity contribution in [2.45, 2.75) is 50.6 Å². The third-order valence-electron chi connectivity index (χ3n) is 5.37. The van der Waals surface area contributed by atoms with Gasteiger partial charge < -0.3 is 15.0 Å². The average Bonchev–Trinajstić information content (AvgIpc) is 3.37. The van der Waals surface area contributed by atoms with E-state index in [0.717, 1.165) is 25.7 Å². The van der Waals surface area contributed by atoms with Crippen LogP contribution in [0.3, 0.4) is 0 Å². The van der Waals surface area contributed by atoms with Gasteiger partial charge in [-0.15, -0.1) is 0 Å². The van der Waals surface area contributed by atoms with E-state index in [9.17, 15) is 22.8 Å². The zero-order valence-electron chi connectivity index (χ0n) is 16.7. The van der Waals surface area contributed by atoms with Crippen molar-refractivity contribution in [3.63, 3.8) is 0 Å². The molecule has 0 bridgehead atoms. The summed E-state index contributed by atoms with van der Waals surface area (Å²) in [5.41, 5.74) is 0.139. The van der Waals surface area contributed by atoms with Crippen LogP contribution in [0.2, 0.25) is 0 Å². The average molecular weight is 439 g/mol. The molecule has 2 fully saturated rings. The Morgan fingerprint density at radius 2 is 1.90 bits per heavy atom. The van der Waals surface area contributed by atoms with E-state index in [1.807, 2.05) is 0 Å². The summed E-state index contributed by atoms with van der Waals surface area (Å²) in [7, 11) is -3.13. The molecule has 1 aliphatic carbocycles. The van der Waals surface area contributed by atoms with Crippen LogP contribution < -0.4 is 5.32 Å². The maximum atomic E-state index is 12.8. The van der Waals surface area contributed by atoms with Crippen molar-refractivity contribution in [2.24, 2.45) is 0 Å². The van der Waals surface area contributed by atoms with E-state index in [2.05, 4.69) is 15.3 Å². The second kappa shape index (κ2) is 9.96. The summed E-state index contributed by atoms with van der Waals surface area (Å²) >= 11 is 0. The highest BCUT2D eigenvalue weighted by atomic mass is 32.2. The fourth-order valence-corrected chi connectivity index (χ4v) is 5.67. The largest absolute Gasteiger partial charge is 0.456 e. The van der Waals surface area contributed by atoms with Crippen LogP contribution in [-0.4, -0.2) is 77.8 Å². The van der Waals surface area contributed by atoms with Gasteiger partial charge in [-0.3, -0.25) is 19.4 Å². The highest BCUT2D eigenvalue weighted by Gasteiger charge is 2.39. The zero-order chi connectivity index (χ0) is 21.6. The molecule has 2 amide bonds. The monoisotopic (exact) mass is 438 g/mol. The summed E-state index contributed by atoms with van der Waals surface area (Å²) in [6.45, 7) is -0.389. The number of esters is 1. The summed E-state index contributed by atoms with van der Waals surface area (Å²) in [5.74, 6) is -1.38. The molecule has 11 heteroatoms. The summed E-state index contributed by atoms with van der Waals surface area (Å²) in [6.07, 6.45) is 8.15. The Morgan fingerprint density at radius 3 is 2.53 bits per heavy atom. The van der Waals surface area contributed by atoms with Crippen molar-refractivity contribution in [1.29, 1.82) is 0 Å². The summed E-state index contributed by atoms with van der Waals surface area (Å²) in [4.78, 5) is 45.9. The molecule has 1 aliphatic heterocycles. The minimum atomic E-state index is -3.13. The minimum absolute atomic E-state index is 0.000715. The van der Waals surface area contributed by atoms with Gasteiger partial charge in [0.25, 0.3) is 11.8 Å². The van der Waals surface area contributed by atoms with E-state index in [-0.39, 0.29) is 48.2 Å². The van der Waals surface area contributed by atoms with E-state index in [1.165, 1.54) is 18.6 Å². The predicted octanol–water partition coefficient (Wildman–Crippen LogP) is 0.0980. The highest BCUT2D eigenvalue weighted by molar-refractivity contribution is 7.91. The van der Waals surface area contributed by atoms with Crippen molar-refractivity contribution in [3.05, 3.63) is 24.3 Å². The zero-order valence-corrected chi connectivity index (χ0v) is 17.5. The molecule has 164 valence electrons. The van der Waals surface area contributed by atoms with Crippen LogP contribution >= 0.6 is 0 Å². The molecule has 1 saturated carbocycles. The molecule has 0 spiro atoms. The molecule has 10 nitrogen and oxygen atoms in total. The molecule has 0 unspecified atom stereocenters. The molecule has 2 aliphatic rings. The number of hydrogen-bond acceptors (Lipinski definition) is 8. The van der Waals surface area contributed by atoms with Crippen molar-refractivity contribution in [3.8, 4) is 0 Å². The molecule has 3 rings (SSSR count). The van der Waals surface area contributed by atoms with E-state index < -0.39 is 28.3 Å². The third-order valence-corrected chi connectivity index (χ3v) is 7.13. The van der Waals surface area contributed by atoms with Crippen molar-refractivity contribution in [2.75, 3.05) is 24.7 Å². The van der Waals surface area contributed by atoms with Crippen LogP contribution in [0.1, 0.15) is 49.0 Å². The van der Waals surface area contributed by atoms with Gasteiger partial charge in [0.05, 0.1) is 24.1 Å². The Hall–Kier alpha value is -2.56. The Labute approximate surface area is 175 Å². The number of rotatable bonds is 8. The van der Waals surface area contributed by atoms with Gasteiger partial charge in [-0.05, 0) is 19.3 Å². The van der Waals surface area contributed by atoms with Crippen molar-refractivity contribution >= 4 is 27.6 Å². The number of carbonyl (C=O) groups excluding carboxylic acids is 3. The quantitative estimate of drug-likeness (QED) is 0.565. The number of sulfone groups is 1. The Kier molecular flexibility index (Phi) is 7.35. The molecule has 1 aromatic heterocycles. The topological polar surface area (TPSA) is 136 Å². The molecule has 1 N–H and O–H groups in total. The predicted molar refractivity (Wildman–Crippen MR) is 106 cm³/mol. The van der Waals surface area contributed by atoms with E-state index in [4.69, 9.17) is 4.74 Å². The summed E-state index contributed by atoms with van der Waals surface area (Å²) < 4.78 is 28.8. The van der Waals surface area contributed by atoms with Gasteiger partial charge in [0.2, 0.25) is 0 Å². The molecule has 0 aromatic carbocycles. The second-order valence-corrected chi connectivity index (χ2v) is 9.78. The van der Waals surface area contributed by atoms with Crippen LogP contribution in [-0.2, 0) is 24.2 Å². The van der Waals surface area contributed by atoms with Gasteiger partial charge in [-0.1, -0.05) is 12.8 Å². The smallest absolute Gasteiger partial charge is 0.308 e. The van der Waals surface area contributed by atoms with Gasteiger partial charge in [-0.25, -0.2) is 13.4 Å². The fraction of sp³-hybridized carbons (Fsp3) is 0.632. The number of ether oxygens (including phenoxy) is 1. The third kappa shape index (κ3) is 5.97. The first kappa shape index (κ1) is 22.1. The number of aromatic nitrogens is 2. The molecule has 30 heavy (non-hydrogen) atoms. The van der Waals surface area contributed by atoms with Crippen LogP contribution in [0, 0.1) is 0 Å². The lowest BCUT2D eigenvalue weighted by atomic mass is 10.1. The first-order valence-electron chi connectivity index (χ1n) is 10.1. The van der Waals surface area contributed by atoms with Crippen LogP contribution in [0.5, 0.6) is 0 Å². The van der Waals surface area contributed by atoms with Gasteiger partial charge in [0, 0.05) is 31.0 Å². The molecule has 1 aromatic rings. The number of carbonyl (C=O) groups is 3. The number of hydrogen-bond donors (Lipinski definition) is 1. The second-order valence-electron chi connectivity index (χ2n) is 7.55. The number of nitrogens with zero attached hydrogens (tertiary/aromatic N) is 3. The van der Waals surface area contributed by atoms with E-state index >= 15 is 0 Å². The lowest BCUT2D eigenvalue weighted by molar-refractivity contribution is -0.154. The van der Waals surface area contributed by atoms with Gasteiger partial charge in [0.1, 0.15) is 5.69 Å². The lowest BCUT2D eigenvalue weighted by Crippen LogP contribution is -2.48. The Bertz CT molecular complexity index is 870. The normalized spacial score (nSPS) is 20.6. The molecule has 1 atom stereocenters. The van der Waals surface area contributed by atoms with E-state index in [0.29, 0.717) is 6.42 Å². The first-order chi connectivity index (χ1) is 14.4. The molecule has 2 heterocycles. The number of amides is 2. The van der Waals surface area contributed by atoms with Crippen LogP contribution in [0.25, 0.3) is 0 Å². The molecular formula is C19H26N4O6S. The molecule has 1 saturated heterocycles. The molecule has 0 radical (unpaired) electrons. The fourth-order valence-electron chi connectivity index (χ4n) is 3.96. The van der Waals surface area contributed by atoms with Gasteiger partial charge >= 0.3 is 5.97 Å².